The highest BCUT2D eigenvalue weighted by Gasteiger charge is 2.39. The van der Waals surface area contributed by atoms with Crippen LogP contribution in [0.2, 0.25) is 0 Å². The lowest BCUT2D eigenvalue weighted by Gasteiger charge is -2.41. The lowest BCUT2D eigenvalue weighted by atomic mass is 9.76. The van der Waals surface area contributed by atoms with E-state index in [1.807, 2.05) is 12.1 Å². The molecule has 3 aliphatic rings. The van der Waals surface area contributed by atoms with Crippen molar-refractivity contribution < 1.29 is 14.3 Å². The number of primary amides is 1. The number of nitrogens with two attached hydrogens (primary N) is 1. The van der Waals surface area contributed by atoms with Crippen LogP contribution in [-0.2, 0) is 12.8 Å². The van der Waals surface area contributed by atoms with E-state index in [-0.39, 0.29) is 18.9 Å². The summed E-state index contributed by atoms with van der Waals surface area (Å²) in [6, 6.07) is 9.99. The van der Waals surface area contributed by atoms with Crippen molar-refractivity contribution in [2.45, 2.75) is 18.9 Å². The quantitative estimate of drug-likeness (QED) is 0.813. The van der Waals surface area contributed by atoms with Crippen molar-refractivity contribution in [3.63, 3.8) is 0 Å². The van der Waals surface area contributed by atoms with E-state index < -0.39 is 0 Å². The molecule has 2 aliphatic heterocycles. The van der Waals surface area contributed by atoms with Gasteiger partial charge in [-0.25, -0.2) is 4.79 Å². The van der Waals surface area contributed by atoms with Crippen LogP contribution in [0.5, 0.6) is 11.5 Å². The van der Waals surface area contributed by atoms with Crippen molar-refractivity contribution in [1.29, 1.82) is 0 Å². The molecule has 2 heterocycles. The Morgan fingerprint density at radius 2 is 2.09 bits per heavy atom. The van der Waals surface area contributed by atoms with Gasteiger partial charge in [0, 0.05) is 12.1 Å². The van der Waals surface area contributed by atoms with Crippen LogP contribution in [0.15, 0.2) is 30.3 Å². The van der Waals surface area contributed by atoms with E-state index in [9.17, 15) is 4.79 Å². The number of ether oxygens (including phenoxy) is 2. The predicted molar refractivity (Wildman–Crippen MR) is 84.4 cm³/mol. The summed E-state index contributed by atoms with van der Waals surface area (Å²) in [5.41, 5.74) is 11.5. The van der Waals surface area contributed by atoms with Crippen LogP contribution in [-0.4, -0.2) is 24.3 Å². The Morgan fingerprint density at radius 3 is 2.96 bits per heavy atom. The van der Waals surface area contributed by atoms with Gasteiger partial charge < -0.3 is 20.1 Å². The van der Waals surface area contributed by atoms with Crippen LogP contribution in [0.1, 0.15) is 22.7 Å². The fourth-order valence-corrected chi connectivity index (χ4v) is 4.14. The Labute approximate surface area is 133 Å². The number of hydrogen-bond donors (Lipinski definition) is 1. The topological polar surface area (TPSA) is 64.8 Å². The first-order chi connectivity index (χ1) is 11.2. The van der Waals surface area contributed by atoms with Gasteiger partial charge in [0.2, 0.25) is 6.79 Å². The normalized spacial score (nSPS) is 20.0. The highest BCUT2D eigenvalue weighted by molar-refractivity contribution is 5.85. The lowest BCUT2D eigenvalue weighted by Crippen LogP contribution is -2.45. The zero-order valence-electron chi connectivity index (χ0n) is 12.5. The molecule has 0 aromatic heterocycles. The highest BCUT2D eigenvalue weighted by atomic mass is 16.7. The average Bonchev–Trinajstić information content (AvgIpc) is 3.02. The van der Waals surface area contributed by atoms with Crippen LogP contribution in [0.4, 0.5) is 4.79 Å². The van der Waals surface area contributed by atoms with Gasteiger partial charge in [0.15, 0.2) is 11.5 Å². The Hall–Kier alpha value is -2.69. The Kier molecular flexibility index (Phi) is 2.46. The Balaban J connectivity index is 1.84. The molecule has 2 aromatic rings. The number of urea groups is 1. The van der Waals surface area contributed by atoms with Crippen molar-refractivity contribution >= 4 is 6.03 Å². The molecular weight excluding hydrogens is 292 g/mol. The molecule has 1 aliphatic carbocycles. The number of fused-ring (bicyclic) bond motifs is 4. The van der Waals surface area contributed by atoms with Crippen LogP contribution >= 0.6 is 0 Å². The zero-order valence-corrected chi connectivity index (χ0v) is 12.5. The smallest absolute Gasteiger partial charge is 0.315 e. The minimum atomic E-state index is -0.358. The highest BCUT2D eigenvalue weighted by Crippen LogP contribution is 2.53. The third-order valence-electron chi connectivity index (χ3n) is 5.10. The summed E-state index contributed by atoms with van der Waals surface area (Å²) in [7, 11) is 0. The number of amides is 2. The molecular formula is C18H16N2O3. The standard InChI is InChI=1S/C18H16N2O3/c19-18(21)20-6-5-11-8-14-17(23-9-22-14)16-12-4-2-1-3-10(12)7-13(20)15(11)16/h1-4,8,13H,5-7,9H2,(H2,19,21). The molecule has 5 rings (SSSR count). The Bertz CT molecular complexity index is 846. The van der Waals surface area contributed by atoms with Crippen molar-refractivity contribution in [2.24, 2.45) is 5.73 Å². The maximum Gasteiger partial charge on any atom is 0.315 e. The fourth-order valence-electron chi connectivity index (χ4n) is 4.14. The lowest BCUT2D eigenvalue weighted by molar-refractivity contribution is 0.173. The van der Waals surface area contributed by atoms with Crippen molar-refractivity contribution in [3.8, 4) is 22.6 Å². The van der Waals surface area contributed by atoms with Gasteiger partial charge in [0.25, 0.3) is 0 Å². The molecule has 2 amide bonds. The number of hydrogen-bond acceptors (Lipinski definition) is 3. The van der Waals surface area contributed by atoms with Gasteiger partial charge in [-0.05, 0) is 41.2 Å². The number of carbonyl (C=O) groups excluding carboxylic acids is 1. The average molecular weight is 308 g/mol. The first-order valence-electron chi connectivity index (χ1n) is 7.84. The molecule has 1 unspecified atom stereocenters. The van der Waals surface area contributed by atoms with Gasteiger partial charge >= 0.3 is 6.03 Å². The summed E-state index contributed by atoms with van der Waals surface area (Å²) in [5.74, 6) is 1.61. The van der Waals surface area contributed by atoms with Crippen LogP contribution in [0.25, 0.3) is 11.1 Å². The largest absolute Gasteiger partial charge is 0.454 e. The molecule has 116 valence electrons. The third-order valence-corrected chi connectivity index (χ3v) is 5.10. The summed E-state index contributed by atoms with van der Waals surface area (Å²) in [6.45, 7) is 0.895. The van der Waals surface area contributed by atoms with Crippen LogP contribution in [0.3, 0.4) is 0 Å². The molecule has 0 radical (unpaired) electrons. The maximum atomic E-state index is 11.9. The van der Waals surface area contributed by atoms with Gasteiger partial charge in [-0.3, -0.25) is 0 Å². The third kappa shape index (κ3) is 1.64. The molecule has 0 spiro atoms. The molecule has 0 bridgehead atoms. The van der Waals surface area contributed by atoms with Gasteiger partial charge in [-0.1, -0.05) is 24.3 Å². The summed E-state index contributed by atoms with van der Waals surface area (Å²) in [6.07, 6.45) is 1.58. The number of rotatable bonds is 0. The molecule has 1 atom stereocenters. The molecule has 0 saturated carbocycles. The molecule has 23 heavy (non-hydrogen) atoms. The van der Waals surface area contributed by atoms with Gasteiger partial charge in [-0.2, -0.15) is 0 Å². The van der Waals surface area contributed by atoms with Crippen molar-refractivity contribution in [2.75, 3.05) is 13.3 Å². The van der Waals surface area contributed by atoms with E-state index >= 15 is 0 Å². The van der Waals surface area contributed by atoms with Crippen LogP contribution < -0.4 is 15.2 Å². The summed E-state index contributed by atoms with van der Waals surface area (Å²) in [5, 5.41) is 0. The number of nitrogens with zero attached hydrogens (tertiary/aromatic N) is 1. The van der Waals surface area contributed by atoms with Gasteiger partial charge in [0.1, 0.15) is 0 Å². The van der Waals surface area contributed by atoms with Crippen molar-refractivity contribution in [3.05, 3.63) is 47.0 Å². The first kappa shape index (κ1) is 12.8. The van der Waals surface area contributed by atoms with E-state index in [4.69, 9.17) is 15.2 Å². The monoisotopic (exact) mass is 308 g/mol. The fraction of sp³-hybridized carbons (Fsp3) is 0.278. The maximum absolute atomic E-state index is 11.9. The second kappa shape index (κ2) is 4.41. The van der Waals surface area contributed by atoms with Gasteiger partial charge in [-0.15, -0.1) is 0 Å². The van der Waals surface area contributed by atoms with E-state index in [0.717, 1.165) is 29.9 Å². The molecule has 0 saturated heterocycles. The number of carbonyl (C=O) groups is 1. The van der Waals surface area contributed by atoms with Crippen molar-refractivity contribution in [1.82, 2.24) is 4.90 Å². The van der Waals surface area contributed by atoms with E-state index in [1.165, 1.54) is 22.3 Å². The first-order valence-corrected chi connectivity index (χ1v) is 7.84. The van der Waals surface area contributed by atoms with E-state index in [2.05, 4.69) is 18.2 Å². The SMILES string of the molecule is NC(=O)N1CCc2cc3c(c4c2C1Cc1ccccc1-4)OCO3. The molecule has 5 heteroatoms. The second-order valence-electron chi connectivity index (χ2n) is 6.22. The summed E-state index contributed by atoms with van der Waals surface area (Å²) >= 11 is 0. The van der Waals surface area contributed by atoms with E-state index in [1.54, 1.807) is 4.90 Å². The molecule has 2 N–H and O–H groups in total. The minimum Gasteiger partial charge on any atom is -0.454 e. The Morgan fingerprint density at radius 1 is 1.22 bits per heavy atom. The zero-order chi connectivity index (χ0) is 15.6. The van der Waals surface area contributed by atoms with Gasteiger partial charge in [0.05, 0.1) is 6.04 Å². The molecule has 5 nitrogen and oxygen atoms in total. The molecule has 0 fully saturated rings. The summed E-state index contributed by atoms with van der Waals surface area (Å²) < 4.78 is 11.4. The molecule has 2 aromatic carbocycles. The van der Waals surface area contributed by atoms with Crippen LogP contribution in [0, 0.1) is 0 Å². The number of benzene rings is 2. The minimum absolute atomic E-state index is 0.0179. The second-order valence-corrected chi connectivity index (χ2v) is 6.22. The summed E-state index contributed by atoms with van der Waals surface area (Å²) in [4.78, 5) is 13.7. The van der Waals surface area contributed by atoms with E-state index in [0.29, 0.717) is 6.54 Å². The predicted octanol–water partition coefficient (Wildman–Crippen LogP) is 2.62.